The Kier molecular flexibility index (Phi) is 5.97. The molecule has 0 fully saturated rings. The maximum atomic E-state index is 5.95. The Morgan fingerprint density at radius 3 is 2.52 bits per heavy atom. The topological polar surface area (TPSA) is 34.4 Å². The van der Waals surface area contributed by atoms with E-state index in [1.165, 1.54) is 0 Å². The molecule has 1 N–H and O–H groups in total. The molecule has 0 bridgehead atoms. The van der Waals surface area contributed by atoms with Gasteiger partial charge in [0.05, 0.1) is 6.54 Å². The summed E-state index contributed by atoms with van der Waals surface area (Å²) in [7, 11) is 0. The fraction of sp³-hybridized carbons (Fsp3) is 0.375. The molecule has 2 aromatic rings. The second-order valence-corrected chi connectivity index (χ2v) is 5.74. The Morgan fingerprint density at radius 2 is 1.86 bits per heavy atom. The highest BCUT2D eigenvalue weighted by molar-refractivity contribution is 6.34. The first-order valence-corrected chi connectivity index (χ1v) is 7.72. The van der Waals surface area contributed by atoms with E-state index >= 15 is 0 Å². The van der Waals surface area contributed by atoms with Crippen molar-refractivity contribution in [2.75, 3.05) is 6.54 Å². The third kappa shape index (κ3) is 4.95. The molecule has 0 atom stereocenters. The van der Waals surface area contributed by atoms with E-state index in [2.05, 4.69) is 12.2 Å². The van der Waals surface area contributed by atoms with Crippen LogP contribution in [0.4, 0.5) is 0 Å². The lowest BCUT2D eigenvalue weighted by Gasteiger charge is -2.06. The first-order valence-electron chi connectivity index (χ1n) is 6.96. The Balaban J connectivity index is 1.96. The molecule has 0 aliphatic heterocycles. The predicted molar refractivity (Wildman–Crippen MR) is 86.2 cm³/mol. The van der Waals surface area contributed by atoms with E-state index in [1.54, 1.807) is 18.2 Å². The summed E-state index contributed by atoms with van der Waals surface area (Å²) in [5.74, 6) is 2.44. The van der Waals surface area contributed by atoms with Crippen LogP contribution in [-0.4, -0.2) is 6.54 Å². The number of furan rings is 1. The minimum atomic E-state index is 0.430. The highest BCUT2D eigenvalue weighted by atomic mass is 35.5. The van der Waals surface area contributed by atoms with E-state index in [-0.39, 0.29) is 0 Å². The summed E-state index contributed by atoms with van der Waals surface area (Å²) in [6.07, 6.45) is 1.10. The van der Waals surface area contributed by atoms with Gasteiger partial charge in [-0.2, -0.15) is 0 Å². The highest BCUT2D eigenvalue weighted by Gasteiger charge is 2.08. The lowest BCUT2D eigenvalue weighted by atomic mass is 10.2. The monoisotopic (exact) mass is 327 g/mol. The van der Waals surface area contributed by atoms with Crippen molar-refractivity contribution in [3.63, 3.8) is 0 Å². The van der Waals surface area contributed by atoms with Gasteiger partial charge in [-0.3, -0.25) is 0 Å². The third-order valence-corrected chi connectivity index (χ3v) is 3.46. The van der Waals surface area contributed by atoms with Crippen molar-refractivity contribution in [3.8, 4) is 5.75 Å². The Hall–Kier alpha value is -1.16. The molecule has 0 amide bonds. The second kappa shape index (κ2) is 7.74. The molecular formula is C16H19Cl2NO2. The van der Waals surface area contributed by atoms with E-state index in [1.807, 2.05) is 13.0 Å². The van der Waals surface area contributed by atoms with Crippen LogP contribution in [0, 0.1) is 6.92 Å². The molecule has 21 heavy (non-hydrogen) atoms. The van der Waals surface area contributed by atoms with Gasteiger partial charge in [0, 0.05) is 15.6 Å². The molecule has 0 unspecified atom stereocenters. The number of benzene rings is 1. The van der Waals surface area contributed by atoms with Crippen LogP contribution in [-0.2, 0) is 13.2 Å². The average molecular weight is 328 g/mol. The molecule has 114 valence electrons. The number of ether oxygens (including phenoxy) is 1. The summed E-state index contributed by atoms with van der Waals surface area (Å²) in [5.41, 5.74) is 1.03. The van der Waals surface area contributed by atoms with Crippen LogP contribution >= 0.6 is 23.2 Å². The van der Waals surface area contributed by atoms with Crippen molar-refractivity contribution in [1.29, 1.82) is 0 Å². The van der Waals surface area contributed by atoms with Gasteiger partial charge in [-0.15, -0.1) is 0 Å². The van der Waals surface area contributed by atoms with Crippen LogP contribution < -0.4 is 10.1 Å². The van der Waals surface area contributed by atoms with E-state index in [0.29, 0.717) is 22.4 Å². The fourth-order valence-electron chi connectivity index (χ4n) is 1.98. The first-order chi connectivity index (χ1) is 10.1. The van der Waals surface area contributed by atoms with Crippen LogP contribution in [0.1, 0.15) is 30.4 Å². The van der Waals surface area contributed by atoms with Crippen molar-refractivity contribution >= 4 is 23.2 Å². The van der Waals surface area contributed by atoms with Gasteiger partial charge in [0.25, 0.3) is 0 Å². The Labute approximate surface area is 135 Å². The number of aryl methyl sites for hydroxylation is 1. The molecule has 1 aromatic heterocycles. The molecule has 0 saturated carbocycles. The highest BCUT2D eigenvalue weighted by Crippen LogP contribution is 2.25. The molecule has 1 heterocycles. The van der Waals surface area contributed by atoms with Gasteiger partial charge in [-0.1, -0.05) is 30.1 Å². The molecule has 5 heteroatoms. The van der Waals surface area contributed by atoms with Gasteiger partial charge in [0.2, 0.25) is 0 Å². The molecule has 0 aliphatic rings. The van der Waals surface area contributed by atoms with Crippen molar-refractivity contribution < 1.29 is 9.15 Å². The molecular weight excluding hydrogens is 309 g/mol. The number of hydrogen-bond donors (Lipinski definition) is 1. The predicted octanol–water partition coefficient (Wildman–Crippen LogP) is 4.97. The molecule has 1 aromatic carbocycles. The molecule has 3 nitrogen and oxygen atoms in total. The fourth-order valence-corrected chi connectivity index (χ4v) is 2.49. The summed E-state index contributed by atoms with van der Waals surface area (Å²) in [5, 5.41) is 4.43. The average Bonchev–Trinajstić information content (AvgIpc) is 2.76. The number of nitrogens with one attached hydrogen (secondary N) is 1. The van der Waals surface area contributed by atoms with Crippen molar-refractivity contribution in [1.82, 2.24) is 5.32 Å². The lowest BCUT2D eigenvalue weighted by Crippen LogP contribution is -2.13. The van der Waals surface area contributed by atoms with E-state index in [9.17, 15) is 0 Å². The second-order valence-electron chi connectivity index (χ2n) is 4.86. The number of hydrogen-bond acceptors (Lipinski definition) is 3. The molecule has 0 aliphatic carbocycles. The Morgan fingerprint density at radius 1 is 1.14 bits per heavy atom. The summed E-state index contributed by atoms with van der Waals surface area (Å²) in [6.45, 7) is 6.22. The summed E-state index contributed by atoms with van der Waals surface area (Å²) in [6, 6.07) is 7.18. The normalized spacial score (nSPS) is 10.9. The molecule has 0 spiro atoms. The number of rotatable bonds is 7. The summed E-state index contributed by atoms with van der Waals surface area (Å²) >= 11 is 11.9. The Bertz CT molecular complexity index is 576. The smallest absolute Gasteiger partial charge is 0.122 e. The first kappa shape index (κ1) is 16.2. The van der Waals surface area contributed by atoms with Crippen LogP contribution in [0.15, 0.2) is 28.7 Å². The third-order valence-electron chi connectivity index (χ3n) is 3.03. The van der Waals surface area contributed by atoms with Crippen LogP contribution in [0.5, 0.6) is 5.75 Å². The SMILES string of the molecule is CCCNCc1cc(COc2cc(Cl)cc(Cl)c2)c(C)o1. The molecule has 0 radical (unpaired) electrons. The van der Waals surface area contributed by atoms with Gasteiger partial charge >= 0.3 is 0 Å². The van der Waals surface area contributed by atoms with E-state index in [4.69, 9.17) is 32.4 Å². The zero-order valence-electron chi connectivity index (χ0n) is 12.2. The largest absolute Gasteiger partial charge is 0.489 e. The molecule has 2 rings (SSSR count). The van der Waals surface area contributed by atoms with Gasteiger partial charge in [-0.25, -0.2) is 0 Å². The van der Waals surface area contributed by atoms with E-state index < -0.39 is 0 Å². The van der Waals surface area contributed by atoms with Gasteiger partial charge in [0.15, 0.2) is 0 Å². The summed E-state index contributed by atoms with van der Waals surface area (Å²) < 4.78 is 11.4. The van der Waals surface area contributed by atoms with Crippen LogP contribution in [0.2, 0.25) is 10.0 Å². The van der Waals surface area contributed by atoms with Gasteiger partial charge in [-0.05, 0) is 44.2 Å². The van der Waals surface area contributed by atoms with Crippen molar-refractivity contribution in [3.05, 3.63) is 51.4 Å². The lowest BCUT2D eigenvalue weighted by molar-refractivity contribution is 0.303. The minimum Gasteiger partial charge on any atom is -0.489 e. The van der Waals surface area contributed by atoms with Crippen LogP contribution in [0.25, 0.3) is 0 Å². The molecule has 0 saturated heterocycles. The minimum absolute atomic E-state index is 0.430. The van der Waals surface area contributed by atoms with Crippen molar-refractivity contribution in [2.24, 2.45) is 0 Å². The number of halogens is 2. The standard InChI is InChI=1S/C16H19Cl2NO2/c1-3-4-19-9-16-5-12(11(2)21-16)10-20-15-7-13(17)6-14(18)8-15/h5-8,19H,3-4,9-10H2,1-2H3. The van der Waals surface area contributed by atoms with Gasteiger partial charge < -0.3 is 14.5 Å². The van der Waals surface area contributed by atoms with Crippen LogP contribution in [0.3, 0.4) is 0 Å². The van der Waals surface area contributed by atoms with Gasteiger partial charge in [0.1, 0.15) is 23.9 Å². The maximum absolute atomic E-state index is 5.95. The quantitative estimate of drug-likeness (QED) is 0.729. The zero-order chi connectivity index (χ0) is 15.2. The summed E-state index contributed by atoms with van der Waals surface area (Å²) in [4.78, 5) is 0. The van der Waals surface area contributed by atoms with Crippen molar-refractivity contribution in [2.45, 2.75) is 33.4 Å². The van der Waals surface area contributed by atoms with E-state index in [0.717, 1.165) is 36.6 Å². The zero-order valence-corrected chi connectivity index (χ0v) is 13.7. The maximum Gasteiger partial charge on any atom is 0.122 e.